The summed E-state index contributed by atoms with van der Waals surface area (Å²) < 4.78 is 5.67. The zero-order chi connectivity index (χ0) is 15.3. The molecule has 0 bridgehead atoms. The molecule has 1 atom stereocenters. The summed E-state index contributed by atoms with van der Waals surface area (Å²) in [5.74, 6) is 0.814. The summed E-state index contributed by atoms with van der Waals surface area (Å²) in [7, 11) is 1.87. The van der Waals surface area contributed by atoms with Crippen LogP contribution in [-0.4, -0.2) is 53.6 Å². The van der Waals surface area contributed by atoms with Crippen molar-refractivity contribution < 1.29 is 14.9 Å². The number of benzene rings is 1. The Kier molecular flexibility index (Phi) is 5.99. The van der Waals surface area contributed by atoms with Gasteiger partial charge in [-0.25, -0.2) is 0 Å². The maximum atomic E-state index is 9.99. The molecule has 0 aliphatic rings. The fraction of sp³-hybridized carbons (Fsp3) is 0.625. The third-order valence-electron chi connectivity index (χ3n) is 2.95. The molecule has 0 radical (unpaired) electrons. The lowest BCUT2D eigenvalue weighted by molar-refractivity contribution is 0.0194. The predicted molar refractivity (Wildman–Crippen MR) is 81.2 cm³/mol. The van der Waals surface area contributed by atoms with E-state index in [4.69, 9.17) is 4.74 Å². The highest BCUT2D eigenvalue weighted by Crippen LogP contribution is 2.19. The van der Waals surface area contributed by atoms with Crippen LogP contribution in [0.25, 0.3) is 0 Å². The van der Waals surface area contributed by atoms with Crippen LogP contribution in [0.4, 0.5) is 0 Å². The first-order valence-corrected chi connectivity index (χ1v) is 6.96. The van der Waals surface area contributed by atoms with E-state index < -0.39 is 11.7 Å². The highest BCUT2D eigenvalue weighted by Gasteiger charge is 2.18. The SMILES string of the molecule is Cc1ccc(C)c(OCC(O)CN(C)CC(C)(C)O)c1. The van der Waals surface area contributed by atoms with Gasteiger partial charge in [-0.1, -0.05) is 12.1 Å². The fourth-order valence-electron chi connectivity index (χ4n) is 2.19. The van der Waals surface area contributed by atoms with E-state index >= 15 is 0 Å². The van der Waals surface area contributed by atoms with E-state index in [9.17, 15) is 10.2 Å². The van der Waals surface area contributed by atoms with E-state index in [1.54, 1.807) is 13.8 Å². The van der Waals surface area contributed by atoms with Crippen LogP contribution < -0.4 is 4.74 Å². The Balaban J connectivity index is 2.43. The molecule has 0 aliphatic carbocycles. The normalized spacial score (nSPS) is 13.6. The molecule has 0 aliphatic heterocycles. The summed E-state index contributed by atoms with van der Waals surface area (Å²) in [5, 5.41) is 19.7. The molecule has 0 saturated carbocycles. The van der Waals surface area contributed by atoms with E-state index in [-0.39, 0.29) is 6.61 Å². The van der Waals surface area contributed by atoms with Gasteiger partial charge in [-0.15, -0.1) is 0 Å². The van der Waals surface area contributed by atoms with Crippen molar-refractivity contribution in [2.24, 2.45) is 0 Å². The fourth-order valence-corrected chi connectivity index (χ4v) is 2.19. The quantitative estimate of drug-likeness (QED) is 0.799. The number of hydrogen-bond acceptors (Lipinski definition) is 4. The van der Waals surface area contributed by atoms with E-state index in [2.05, 4.69) is 0 Å². The van der Waals surface area contributed by atoms with Gasteiger partial charge in [0, 0.05) is 13.1 Å². The lowest BCUT2D eigenvalue weighted by Gasteiger charge is -2.27. The number of aryl methyl sites for hydroxylation is 2. The molecule has 1 aromatic carbocycles. The van der Waals surface area contributed by atoms with Crippen LogP contribution in [0.15, 0.2) is 18.2 Å². The maximum absolute atomic E-state index is 9.99. The van der Waals surface area contributed by atoms with Crippen molar-refractivity contribution >= 4 is 0 Å². The van der Waals surface area contributed by atoms with E-state index in [0.29, 0.717) is 13.1 Å². The van der Waals surface area contributed by atoms with Crippen molar-refractivity contribution in [3.8, 4) is 5.75 Å². The average Bonchev–Trinajstić information content (AvgIpc) is 2.27. The van der Waals surface area contributed by atoms with E-state index in [1.165, 1.54) is 0 Å². The second-order valence-electron chi connectivity index (χ2n) is 6.24. The molecule has 4 heteroatoms. The first kappa shape index (κ1) is 17.0. The second kappa shape index (κ2) is 7.07. The van der Waals surface area contributed by atoms with Gasteiger partial charge in [0.1, 0.15) is 18.5 Å². The minimum atomic E-state index is -0.761. The van der Waals surface area contributed by atoms with Gasteiger partial charge in [0.15, 0.2) is 0 Å². The van der Waals surface area contributed by atoms with Gasteiger partial charge in [-0.3, -0.25) is 0 Å². The number of aliphatic hydroxyl groups is 2. The molecule has 0 fully saturated rings. The molecule has 1 rings (SSSR count). The Morgan fingerprint density at radius 1 is 1.30 bits per heavy atom. The largest absolute Gasteiger partial charge is 0.491 e. The first-order valence-electron chi connectivity index (χ1n) is 6.96. The Morgan fingerprint density at radius 2 is 1.95 bits per heavy atom. The maximum Gasteiger partial charge on any atom is 0.122 e. The molecule has 114 valence electrons. The summed E-state index contributed by atoms with van der Waals surface area (Å²) in [6.45, 7) is 8.73. The number of likely N-dealkylation sites (N-methyl/N-ethyl adjacent to an activating group) is 1. The minimum Gasteiger partial charge on any atom is -0.491 e. The molecular formula is C16H27NO3. The minimum absolute atomic E-state index is 0.250. The van der Waals surface area contributed by atoms with Gasteiger partial charge in [-0.05, 0) is 51.9 Å². The standard InChI is InChI=1S/C16H27NO3/c1-12-6-7-13(2)15(8-12)20-10-14(18)9-17(5)11-16(3,4)19/h6-8,14,18-19H,9-11H2,1-5H3. The third kappa shape index (κ3) is 6.37. The van der Waals surface area contributed by atoms with Crippen molar-refractivity contribution in [2.45, 2.75) is 39.4 Å². The smallest absolute Gasteiger partial charge is 0.122 e. The Bertz CT molecular complexity index is 426. The molecular weight excluding hydrogens is 254 g/mol. The van der Waals surface area contributed by atoms with Crippen molar-refractivity contribution in [3.63, 3.8) is 0 Å². The van der Waals surface area contributed by atoms with Gasteiger partial charge in [0.2, 0.25) is 0 Å². The molecule has 0 spiro atoms. The van der Waals surface area contributed by atoms with Crippen LogP contribution in [0, 0.1) is 13.8 Å². The zero-order valence-corrected chi connectivity index (χ0v) is 13.2. The van der Waals surface area contributed by atoms with Gasteiger partial charge < -0.3 is 19.8 Å². The molecule has 0 aromatic heterocycles. The molecule has 0 heterocycles. The molecule has 0 amide bonds. The summed E-state index contributed by atoms with van der Waals surface area (Å²) in [5.41, 5.74) is 1.44. The number of rotatable bonds is 7. The van der Waals surface area contributed by atoms with Crippen LogP contribution in [0.1, 0.15) is 25.0 Å². The zero-order valence-electron chi connectivity index (χ0n) is 13.2. The van der Waals surface area contributed by atoms with Crippen LogP contribution in [0.2, 0.25) is 0 Å². The lowest BCUT2D eigenvalue weighted by atomic mass is 10.1. The number of aliphatic hydroxyl groups excluding tert-OH is 1. The number of hydrogen-bond donors (Lipinski definition) is 2. The van der Waals surface area contributed by atoms with Crippen LogP contribution in [-0.2, 0) is 0 Å². The van der Waals surface area contributed by atoms with Gasteiger partial charge in [-0.2, -0.15) is 0 Å². The number of ether oxygens (including phenoxy) is 1. The van der Waals surface area contributed by atoms with Crippen molar-refractivity contribution in [3.05, 3.63) is 29.3 Å². The van der Waals surface area contributed by atoms with Gasteiger partial charge in [0.25, 0.3) is 0 Å². The highest BCUT2D eigenvalue weighted by molar-refractivity contribution is 5.35. The van der Waals surface area contributed by atoms with E-state index in [1.807, 2.05) is 44.0 Å². The molecule has 1 aromatic rings. The molecule has 1 unspecified atom stereocenters. The second-order valence-corrected chi connectivity index (χ2v) is 6.24. The topological polar surface area (TPSA) is 52.9 Å². The Labute approximate surface area is 122 Å². The predicted octanol–water partition coefficient (Wildman–Crippen LogP) is 1.75. The molecule has 2 N–H and O–H groups in total. The van der Waals surface area contributed by atoms with Crippen LogP contribution in [0.3, 0.4) is 0 Å². The van der Waals surface area contributed by atoms with Crippen molar-refractivity contribution in [1.82, 2.24) is 4.90 Å². The number of nitrogens with zero attached hydrogens (tertiary/aromatic N) is 1. The van der Waals surface area contributed by atoms with Crippen molar-refractivity contribution in [2.75, 3.05) is 26.7 Å². The summed E-state index contributed by atoms with van der Waals surface area (Å²) in [4.78, 5) is 1.90. The molecule has 4 nitrogen and oxygen atoms in total. The average molecular weight is 281 g/mol. The monoisotopic (exact) mass is 281 g/mol. The lowest BCUT2D eigenvalue weighted by Crippen LogP contribution is -2.41. The summed E-state index contributed by atoms with van der Waals surface area (Å²) >= 11 is 0. The van der Waals surface area contributed by atoms with E-state index in [0.717, 1.165) is 16.9 Å². The summed E-state index contributed by atoms with van der Waals surface area (Å²) in [6, 6.07) is 6.02. The van der Waals surface area contributed by atoms with Gasteiger partial charge in [0.05, 0.1) is 5.60 Å². The van der Waals surface area contributed by atoms with Crippen LogP contribution in [0.5, 0.6) is 5.75 Å². The highest BCUT2D eigenvalue weighted by atomic mass is 16.5. The molecule has 0 saturated heterocycles. The molecule has 20 heavy (non-hydrogen) atoms. The van der Waals surface area contributed by atoms with Crippen LogP contribution >= 0.6 is 0 Å². The van der Waals surface area contributed by atoms with Crippen molar-refractivity contribution in [1.29, 1.82) is 0 Å². The Hall–Kier alpha value is -1.10. The first-order chi connectivity index (χ1) is 9.17. The summed E-state index contributed by atoms with van der Waals surface area (Å²) in [6.07, 6.45) is -0.581. The Morgan fingerprint density at radius 3 is 2.55 bits per heavy atom. The third-order valence-corrected chi connectivity index (χ3v) is 2.95. The van der Waals surface area contributed by atoms with Gasteiger partial charge >= 0.3 is 0 Å².